The molecule has 3 aliphatic rings. The number of carbonyl (C=O) groups is 3. The van der Waals surface area contributed by atoms with Gasteiger partial charge in [-0.2, -0.15) is 15.8 Å². The first-order valence-electron chi connectivity index (χ1n) is 42.0. The first-order valence-corrected chi connectivity index (χ1v) is 45.4. The van der Waals surface area contributed by atoms with Crippen LogP contribution in [0.5, 0.6) is 17.2 Å². The van der Waals surface area contributed by atoms with Gasteiger partial charge in [-0.15, -0.1) is 0 Å². The average molecular weight is 2010 g/mol. The van der Waals surface area contributed by atoms with Crippen molar-refractivity contribution in [1.82, 2.24) is 58.3 Å². The van der Waals surface area contributed by atoms with E-state index in [1.807, 2.05) is 77.0 Å². The van der Waals surface area contributed by atoms with Crippen LogP contribution in [0.25, 0.3) is 83.9 Å². The topological polar surface area (TPSA) is 346 Å². The molecule has 3 aliphatic heterocycles. The van der Waals surface area contributed by atoms with Gasteiger partial charge in [0.2, 0.25) is 17.7 Å². The van der Waals surface area contributed by atoms with Crippen molar-refractivity contribution in [3.8, 4) is 86.3 Å². The van der Waals surface area contributed by atoms with Crippen molar-refractivity contribution in [3.05, 3.63) is 254 Å². The molecule has 3 fully saturated rings. The van der Waals surface area contributed by atoms with Crippen LogP contribution in [0.15, 0.2) is 107 Å². The number of hydrogen-bond acceptors (Lipinski definition) is 21. The number of halogens is 12. The van der Waals surface area contributed by atoms with Crippen LogP contribution in [0.4, 0.5) is 30.2 Å². The smallest absolute Gasteiger partial charge is 0.276 e. The molecule has 0 atom stereocenters. The second-order valence-corrected chi connectivity index (χ2v) is 36.5. The van der Waals surface area contributed by atoms with Crippen molar-refractivity contribution in [2.24, 2.45) is 0 Å². The predicted octanol–water partition coefficient (Wildman–Crippen LogP) is 20.1. The van der Waals surface area contributed by atoms with E-state index in [0.29, 0.717) is 163 Å². The van der Waals surface area contributed by atoms with E-state index in [2.05, 4.69) is 52.9 Å². The summed E-state index contributed by atoms with van der Waals surface area (Å²) in [6, 6.07) is 16.2. The number of carbonyl (C=O) groups excluding carboxylic acids is 3. The fourth-order valence-electron chi connectivity index (χ4n) is 17.1. The van der Waals surface area contributed by atoms with Crippen molar-refractivity contribution >= 4 is 172 Å². The predicted molar refractivity (Wildman–Crippen MR) is 523 cm³/mol. The van der Waals surface area contributed by atoms with E-state index in [4.69, 9.17) is 119 Å². The van der Waals surface area contributed by atoms with Gasteiger partial charge in [0, 0.05) is 130 Å². The van der Waals surface area contributed by atoms with E-state index in [9.17, 15) is 73.0 Å². The molecule has 12 aromatic rings. The van der Waals surface area contributed by atoms with E-state index in [-0.39, 0.29) is 150 Å². The Labute approximate surface area is 817 Å². The minimum absolute atomic E-state index is 0.000753. The number of aromatic hydroxyl groups is 3. The van der Waals surface area contributed by atoms with Gasteiger partial charge in [0.05, 0.1) is 98.4 Å². The molecule has 3 saturated heterocycles. The largest absolute Gasteiger partial charge is 0.506 e. The highest BCUT2D eigenvalue weighted by Gasteiger charge is 2.38. The van der Waals surface area contributed by atoms with E-state index >= 15 is 0 Å². The number of aromatic nitrogens is 9. The Morgan fingerprint density at radius 3 is 0.807 bits per heavy atom. The molecule has 12 heterocycles. The van der Waals surface area contributed by atoms with Crippen LogP contribution >= 0.6 is 104 Å². The third-order valence-electron chi connectivity index (χ3n) is 23.9. The molecule has 9 aromatic heterocycles. The number of phenolic OH excluding ortho intramolecular Hbond substituents is 3. The summed E-state index contributed by atoms with van der Waals surface area (Å²) in [5, 5.41) is 62.6. The highest BCUT2D eigenvalue weighted by Crippen LogP contribution is 2.52. The number of fused-ring (bicyclic) bond motifs is 3. The number of phenols is 3. The SMILES string of the molecule is C=CC(=O)N1CCN(c2c(C#N)c(=O)n(-c3c(C)ccnc3C(C)C)c3nc(-c4c(C)c(Cl)c(F)c(Cl)c4O)c(Cl)cc23)CC1.C=CC(=O)N1CCN(c2c(C#N)c(=O)n(-c3c(C)ccnc3C(C)C)c3nc(-c4c(C)c(Cl)c(F)c(Cl)c4O)c(Cl)cc23)CC1.C=CC(=O)N1CCN(c2c(C#N)c(=O)n(-c3c(C)ccnc3C(C)C)c3nc(-c4c(C)c(Cl)c(F)c(Cl)c4O)c(Cl)cc23)CC1. The van der Waals surface area contributed by atoms with Crippen molar-refractivity contribution in [3.63, 3.8) is 0 Å². The van der Waals surface area contributed by atoms with Crippen molar-refractivity contribution < 1.29 is 42.9 Å². The van der Waals surface area contributed by atoms with Gasteiger partial charge in [-0.25, -0.2) is 28.1 Å². The summed E-state index contributed by atoms with van der Waals surface area (Å²) in [4.78, 5) is 119. The first-order chi connectivity index (χ1) is 64.0. The van der Waals surface area contributed by atoms with Gasteiger partial charge in [-0.05, 0) is 147 Å². The lowest BCUT2D eigenvalue weighted by Crippen LogP contribution is -2.49. The quantitative estimate of drug-likeness (QED) is 0.0634. The van der Waals surface area contributed by atoms with Gasteiger partial charge in [-0.1, -0.05) is 166 Å². The molecule has 0 unspecified atom stereocenters. The highest BCUT2D eigenvalue weighted by molar-refractivity contribution is 6.40. The van der Waals surface area contributed by atoms with E-state index in [1.165, 1.54) is 52.7 Å². The molecule has 3 amide bonds. The Balaban J connectivity index is 0.000000171. The molecular weight excluding hydrogens is 1930 g/mol. The Morgan fingerprint density at radius 2 is 0.607 bits per heavy atom. The number of anilines is 3. The van der Waals surface area contributed by atoms with Crippen molar-refractivity contribution in [2.75, 3.05) is 93.2 Å². The summed E-state index contributed by atoms with van der Waals surface area (Å²) in [5.74, 6) is -5.82. The summed E-state index contributed by atoms with van der Waals surface area (Å²) in [7, 11) is 0. The summed E-state index contributed by atoms with van der Waals surface area (Å²) in [6.45, 7) is 36.1. The molecule has 3 aromatic carbocycles. The molecule has 696 valence electrons. The van der Waals surface area contributed by atoms with E-state index in [0.717, 1.165) is 0 Å². The molecule has 39 heteroatoms. The molecule has 0 bridgehead atoms. The van der Waals surface area contributed by atoms with E-state index in [1.54, 1.807) is 69.7 Å². The van der Waals surface area contributed by atoms with Crippen LogP contribution in [-0.2, 0) is 14.4 Å². The van der Waals surface area contributed by atoms with Gasteiger partial charge in [-0.3, -0.25) is 57.4 Å². The van der Waals surface area contributed by atoms with Crippen LogP contribution in [-0.4, -0.2) is 170 Å². The van der Waals surface area contributed by atoms with Crippen LogP contribution in [0.2, 0.25) is 45.2 Å². The third kappa shape index (κ3) is 17.9. The van der Waals surface area contributed by atoms with E-state index < -0.39 is 66.4 Å². The summed E-state index contributed by atoms with van der Waals surface area (Å²) in [5.41, 5.74) is 4.57. The lowest BCUT2D eigenvalue weighted by Gasteiger charge is -2.36. The van der Waals surface area contributed by atoms with Gasteiger partial charge < -0.3 is 44.7 Å². The molecule has 27 nitrogen and oxygen atoms in total. The Kier molecular flexibility index (Phi) is 29.8. The molecule has 0 radical (unpaired) electrons. The lowest BCUT2D eigenvalue weighted by molar-refractivity contribution is -0.127. The number of hydrogen-bond donors (Lipinski definition) is 3. The van der Waals surface area contributed by atoms with Gasteiger partial charge >= 0.3 is 0 Å². The number of aryl methyl sites for hydroxylation is 3. The van der Waals surface area contributed by atoms with Gasteiger partial charge in [0.15, 0.2) is 17.5 Å². The van der Waals surface area contributed by atoms with Crippen LogP contribution in [0.1, 0.15) is 126 Å². The average Bonchev–Trinajstić information content (AvgIpc) is 0.728. The van der Waals surface area contributed by atoms with Crippen molar-refractivity contribution in [1.29, 1.82) is 15.8 Å². The minimum atomic E-state index is -0.992. The molecule has 0 saturated carbocycles. The van der Waals surface area contributed by atoms with Gasteiger partial charge in [0.25, 0.3) is 16.7 Å². The molecule has 135 heavy (non-hydrogen) atoms. The zero-order chi connectivity index (χ0) is 98.7. The van der Waals surface area contributed by atoms with Crippen LogP contribution in [0.3, 0.4) is 0 Å². The second kappa shape index (κ2) is 40.2. The molecular formula is C96H84Cl9F3N18O9. The maximum absolute atomic E-state index is 14.7. The molecule has 0 aliphatic carbocycles. The number of rotatable bonds is 15. The zero-order valence-corrected chi connectivity index (χ0v) is 81.4. The van der Waals surface area contributed by atoms with Gasteiger partial charge in [0.1, 0.15) is 84.2 Å². The third-order valence-corrected chi connectivity index (χ3v) is 27.1. The normalized spacial score (nSPS) is 13.4. The maximum atomic E-state index is 14.7. The molecule has 3 N–H and O–H groups in total. The number of pyridine rings is 9. The minimum Gasteiger partial charge on any atom is -0.506 e. The highest BCUT2D eigenvalue weighted by atomic mass is 35.5. The second-order valence-electron chi connectivity index (χ2n) is 33.0. The standard InChI is InChI=1S/3C32H28Cl3FN6O3/c3*1-6-21(43)40-9-11-41(12-10-40)29-18-13-20(33)27(22-17(5)23(34)25(36)24(35)30(22)44)39-31(18)42(32(45)19(29)14-37)28-16(4)7-8-38-26(28)15(2)3/h3*6-8,13,15,44H,1,9-12H2,2-5H3. The summed E-state index contributed by atoms with van der Waals surface area (Å²) < 4.78 is 48.0. The van der Waals surface area contributed by atoms with Crippen molar-refractivity contribution in [2.45, 2.75) is 101 Å². The summed E-state index contributed by atoms with van der Waals surface area (Å²) >= 11 is 57.6. The fourth-order valence-corrected chi connectivity index (χ4v) is 19.1. The number of piperazine rings is 3. The number of benzene rings is 3. The number of nitriles is 3. The monoisotopic (exact) mass is 2000 g/mol. The lowest BCUT2D eigenvalue weighted by atomic mass is 10.0. The number of nitrogens with zero attached hydrogens (tertiary/aromatic N) is 18. The van der Waals surface area contributed by atoms with Crippen LogP contribution < -0.4 is 31.4 Å². The maximum Gasteiger partial charge on any atom is 0.276 e. The Bertz CT molecular complexity index is 6640. The Morgan fingerprint density at radius 1 is 0.385 bits per heavy atom. The fraction of sp³-hybridized carbons (Fsp3) is 0.281. The number of amides is 3. The Hall–Kier alpha value is -12.5. The molecule has 15 rings (SSSR count). The van der Waals surface area contributed by atoms with Crippen LogP contribution in [0, 0.1) is 93.0 Å². The zero-order valence-electron chi connectivity index (χ0n) is 74.6. The summed E-state index contributed by atoms with van der Waals surface area (Å²) in [6.07, 6.45) is 8.66. The molecule has 0 spiro atoms. The first kappa shape index (κ1) is 100.0.